The van der Waals surface area contributed by atoms with E-state index in [1.54, 1.807) is 28.2 Å². The number of hydrogen-bond donors (Lipinski definition) is 1. The summed E-state index contributed by atoms with van der Waals surface area (Å²) < 4.78 is 5.06. The molecule has 0 unspecified atom stereocenters. The van der Waals surface area contributed by atoms with Crippen LogP contribution >= 0.6 is 0 Å². The molecule has 0 atom stereocenters. The van der Waals surface area contributed by atoms with Crippen LogP contribution in [0.15, 0.2) is 35.1 Å². The molecule has 132 valence electrons. The van der Waals surface area contributed by atoms with Crippen molar-refractivity contribution in [1.82, 2.24) is 20.1 Å². The SMILES string of the molecule is CN(C)C(=O)c1cc(C(=O)NCc2ncco2)cc(C(=O)N(C)C)c1. The zero-order valence-corrected chi connectivity index (χ0v) is 14.6. The Bertz CT molecular complexity index is 744. The molecule has 0 saturated carbocycles. The van der Waals surface area contributed by atoms with Crippen molar-refractivity contribution >= 4 is 17.7 Å². The van der Waals surface area contributed by atoms with Gasteiger partial charge in [0.25, 0.3) is 17.7 Å². The van der Waals surface area contributed by atoms with Crippen molar-refractivity contribution in [2.24, 2.45) is 0 Å². The average molecular weight is 344 g/mol. The Kier molecular flexibility index (Phi) is 5.53. The third-order valence-corrected chi connectivity index (χ3v) is 3.39. The van der Waals surface area contributed by atoms with Crippen LogP contribution in [0.5, 0.6) is 0 Å². The third-order valence-electron chi connectivity index (χ3n) is 3.39. The molecule has 2 rings (SSSR count). The quantitative estimate of drug-likeness (QED) is 0.873. The number of nitrogens with one attached hydrogen (secondary N) is 1. The van der Waals surface area contributed by atoms with E-state index in [2.05, 4.69) is 10.3 Å². The normalized spacial score (nSPS) is 10.2. The molecule has 1 aromatic carbocycles. The number of rotatable bonds is 5. The smallest absolute Gasteiger partial charge is 0.253 e. The minimum Gasteiger partial charge on any atom is -0.447 e. The Hall–Kier alpha value is -3.16. The molecule has 0 spiro atoms. The minimum atomic E-state index is -0.431. The number of hydrogen-bond acceptors (Lipinski definition) is 5. The molecule has 8 heteroatoms. The monoisotopic (exact) mass is 344 g/mol. The van der Waals surface area contributed by atoms with Crippen molar-refractivity contribution in [2.75, 3.05) is 28.2 Å². The molecular formula is C17H20N4O4. The molecule has 0 radical (unpaired) electrons. The van der Waals surface area contributed by atoms with Gasteiger partial charge in [0.1, 0.15) is 6.26 Å². The molecule has 1 heterocycles. The number of carbonyl (C=O) groups is 3. The van der Waals surface area contributed by atoms with Gasteiger partial charge in [-0.25, -0.2) is 4.98 Å². The molecule has 1 N–H and O–H groups in total. The number of benzene rings is 1. The second-order valence-electron chi connectivity index (χ2n) is 5.81. The fraction of sp³-hybridized carbons (Fsp3) is 0.294. The highest BCUT2D eigenvalue weighted by molar-refractivity contribution is 6.04. The first kappa shape index (κ1) is 18.2. The molecular weight excluding hydrogens is 324 g/mol. The number of nitrogens with zero attached hydrogens (tertiary/aromatic N) is 3. The molecule has 25 heavy (non-hydrogen) atoms. The van der Waals surface area contributed by atoms with Crippen molar-refractivity contribution < 1.29 is 18.8 Å². The van der Waals surface area contributed by atoms with Crippen LogP contribution in [-0.2, 0) is 6.54 Å². The largest absolute Gasteiger partial charge is 0.447 e. The molecule has 0 aliphatic carbocycles. The van der Waals surface area contributed by atoms with Crippen LogP contribution in [-0.4, -0.2) is 60.7 Å². The van der Waals surface area contributed by atoms with Crippen molar-refractivity contribution in [3.8, 4) is 0 Å². The van der Waals surface area contributed by atoms with E-state index in [1.807, 2.05) is 0 Å². The number of carbonyl (C=O) groups excluding carboxylic acids is 3. The minimum absolute atomic E-state index is 0.106. The lowest BCUT2D eigenvalue weighted by molar-refractivity contribution is 0.0826. The van der Waals surface area contributed by atoms with E-state index in [1.165, 1.54) is 40.5 Å². The predicted molar refractivity (Wildman–Crippen MR) is 90.2 cm³/mol. The fourth-order valence-corrected chi connectivity index (χ4v) is 2.12. The highest BCUT2D eigenvalue weighted by atomic mass is 16.3. The van der Waals surface area contributed by atoms with Crippen molar-refractivity contribution in [3.63, 3.8) is 0 Å². The van der Waals surface area contributed by atoms with Crippen LogP contribution in [0.4, 0.5) is 0 Å². The lowest BCUT2D eigenvalue weighted by atomic mass is 10.0. The van der Waals surface area contributed by atoms with Gasteiger partial charge in [-0.05, 0) is 18.2 Å². The standard InChI is InChI=1S/C17H20N4O4/c1-20(2)16(23)12-7-11(8-13(9-12)17(24)21(3)4)15(22)19-10-14-18-5-6-25-14/h5-9H,10H2,1-4H3,(H,19,22). The maximum Gasteiger partial charge on any atom is 0.253 e. The third kappa shape index (κ3) is 4.43. The van der Waals surface area contributed by atoms with Crippen LogP contribution < -0.4 is 5.32 Å². The van der Waals surface area contributed by atoms with Gasteiger partial charge in [-0.2, -0.15) is 0 Å². The molecule has 0 fully saturated rings. The average Bonchev–Trinajstić information content (AvgIpc) is 3.11. The maximum absolute atomic E-state index is 12.4. The van der Waals surface area contributed by atoms with Gasteiger partial charge in [0.15, 0.2) is 0 Å². The van der Waals surface area contributed by atoms with Crippen LogP contribution in [0.3, 0.4) is 0 Å². The Morgan fingerprint density at radius 2 is 1.48 bits per heavy atom. The number of amides is 3. The summed E-state index contributed by atoms with van der Waals surface area (Å²) in [6.45, 7) is 0.106. The Labute approximate surface area is 145 Å². The summed E-state index contributed by atoms with van der Waals surface area (Å²) in [5.41, 5.74) is 0.738. The van der Waals surface area contributed by atoms with E-state index < -0.39 is 5.91 Å². The van der Waals surface area contributed by atoms with Gasteiger partial charge in [-0.15, -0.1) is 0 Å². The van der Waals surface area contributed by atoms with E-state index in [-0.39, 0.29) is 35.0 Å². The first-order valence-corrected chi connectivity index (χ1v) is 7.54. The second-order valence-corrected chi connectivity index (χ2v) is 5.81. The topological polar surface area (TPSA) is 95.7 Å². The Morgan fingerprint density at radius 3 is 1.92 bits per heavy atom. The van der Waals surface area contributed by atoms with Crippen molar-refractivity contribution in [3.05, 3.63) is 53.2 Å². The van der Waals surface area contributed by atoms with E-state index in [4.69, 9.17) is 4.42 Å². The van der Waals surface area contributed by atoms with Gasteiger partial charge in [-0.3, -0.25) is 14.4 Å². The molecule has 0 aliphatic heterocycles. The summed E-state index contributed by atoms with van der Waals surface area (Å²) in [4.78, 5) is 43.6. The first-order valence-electron chi connectivity index (χ1n) is 7.54. The molecule has 0 bridgehead atoms. The van der Waals surface area contributed by atoms with Crippen LogP contribution in [0.25, 0.3) is 0 Å². The van der Waals surface area contributed by atoms with E-state index in [0.717, 1.165) is 0 Å². The van der Waals surface area contributed by atoms with Crippen molar-refractivity contribution in [1.29, 1.82) is 0 Å². The number of aromatic nitrogens is 1. The van der Waals surface area contributed by atoms with Gasteiger partial charge in [0.05, 0.1) is 12.7 Å². The van der Waals surface area contributed by atoms with Crippen LogP contribution in [0.2, 0.25) is 0 Å². The fourth-order valence-electron chi connectivity index (χ4n) is 2.12. The summed E-state index contributed by atoms with van der Waals surface area (Å²) >= 11 is 0. The summed E-state index contributed by atoms with van der Waals surface area (Å²) in [6, 6.07) is 4.40. The van der Waals surface area contributed by atoms with Gasteiger partial charge in [0.2, 0.25) is 5.89 Å². The van der Waals surface area contributed by atoms with E-state index in [0.29, 0.717) is 5.89 Å². The number of oxazole rings is 1. The summed E-state index contributed by atoms with van der Waals surface area (Å²) in [7, 11) is 6.41. The molecule has 8 nitrogen and oxygen atoms in total. The van der Waals surface area contributed by atoms with Crippen molar-refractivity contribution in [2.45, 2.75) is 6.54 Å². The van der Waals surface area contributed by atoms with Crippen LogP contribution in [0, 0.1) is 0 Å². The summed E-state index contributed by atoms with van der Waals surface area (Å²) in [6.07, 6.45) is 2.89. The lowest BCUT2D eigenvalue weighted by Crippen LogP contribution is -2.27. The summed E-state index contributed by atoms with van der Waals surface area (Å²) in [5.74, 6) is -0.664. The molecule has 1 aromatic heterocycles. The molecule has 3 amide bonds. The highest BCUT2D eigenvalue weighted by Gasteiger charge is 2.18. The van der Waals surface area contributed by atoms with Gasteiger partial charge < -0.3 is 19.5 Å². The predicted octanol–water partition coefficient (Wildman–Crippen LogP) is 1.01. The molecule has 0 saturated heterocycles. The molecule has 0 aliphatic rings. The Balaban J connectivity index is 2.32. The van der Waals surface area contributed by atoms with Gasteiger partial charge >= 0.3 is 0 Å². The van der Waals surface area contributed by atoms with Crippen LogP contribution in [0.1, 0.15) is 37.0 Å². The Morgan fingerprint density at radius 1 is 0.960 bits per heavy atom. The van der Waals surface area contributed by atoms with Gasteiger partial charge in [-0.1, -0.05) is 0 Å². The van der Waals surface area contributed by atoms with Gasteiger partial charge in [0, 0.05) is 44.9 Å². The second kappa shape index (κ2) is 7.61. The van der Waals surface area contributed by atoms with E-state index >= 15 is 0 Å². The first-order chi connectivity index (χ1) is 11.8. The maximum atomic E-state index is 12.4. The molecule has 2 aromatic rings. The summed E-state index contributed by atoms with van der Waals surface area (Å²) in [5, 5.41) is 2.65. The van der Waals surface area contributed by atoms with E-state index in [9.17, 15) is 14.4 Å². The zero-order valence-electron chi connectivity index (χ0n) is 14.6. The zero-order chi connectivity index (χ0) is 18.6. The lowest BCUT2D eigenvalue weighted by Gasteiger charge is -2.15. The highest BCUT2D eigenvalue weighted by Crippen LogP contribution is 2.14.